The second-order valence-corrected chi connectivity index (χ2v) is 6.16. The van der Waals surface area contributed by atoms with Crippen molar-refractivity contribution < 1.29 is 4.92 Å². The minimum atomic E-state index is -0.371. The van der Waals surface area contributed by atoms with Crippen molar-refractivity contribution in [1.82, 2.24) is 4.90 Å². The lowest BCUT2D eigenvalue weighted by Gasteiger charge is -2.31. The Morgan fingerprint density at radius 1 is 1.37 bits per heavy atom. The number of fused-ring (bicyclic) bond motifs is 2. The number of nitro groups is 1. The van der Waals surface area contributed by atoms with E-state index in [1.54, 1.807) is 18.2 Å². The van der Waals surface area contributed by atoms with Crippen LogP contribution < -0.4 is 5.32 Å². The molecule has 3 atom stereocenters. The van der Waals surface area contributed by atoms with Crippen molar-refractivity contribution in [2.75, 3.05) is 25.0 Å². The Morgan fingerprint density at radius 3 is 2.89 bits per heavy atom. The molecule has 1 N–H and O–H groups in total. The van der Waals surface area contributed by atoms with Gasteiger partial charge in [-0.05, 0) is 47.3 Å². The van der Waals surface area contributed by atoms with Crippen molar-refractivity contribution in [2.24, 2.45) is 5.92 Å². The fraction of sp³-hybridized carbons (Fsp3) is 0.538. The number of hydrogen-bond donors (Lipinski definition) is 1. The summed E-state index contributed by atoms with van der Waals surface area (Å²) in [5.74, 6) is 0.704. The Morgan fingerprint density at radius 2 is 2.16 bits per heavy atom. The minimum absolute atomic E-state index is 0.119. The second-order valence-electron chi connectivity index (χ2n) is 5.31. The topological polar surface area (TPSA) is 58.4 Å². The van der Waals surface area contributed by atoms with E-state index in [-0.39, 0.29) is 10.6 Å². The average molecular weight is 326 g/mol. The van der Waals surface area contributed by atoms with Crippen LogP contribution in [0.25, 0.3) is 0 Å². The lowest BCUT2D eigenvalue weighted by Crippen LogP contribution is -2.39. The molecular formula is C13H16BrN3O2. The Hall–Kier alpha value is -1.14. The molecule has 0 aliphatic carbocycles. The number of rotatable bonds is 3. The van der Waals surface area contributed by atoms with Gasteiger partial charge in [0.25, 0.3) is 5.69 Å². The first-order chi connectivity index (χ1) is 9.13. The van der Waals surface area contributed by atoms with Crippen LogP contribution in [0.15, 0.2) is 22.7 Å². The Labute approximate surface area is 120 Å². The van der Waals surface area contributed by atoms with Crippen LogP contribution in [0.2, 0.25) is 0 Å². The standard InChI is InChI=1S/C13H16BrN3O2/c14-11-7-10(17(18)19)1-2-13(11)15-12-4-6-16-5-3-9(12)8-16/h1-2,7,9,12,15H,3-6,8H2. The number of benzene rings is 1. The third-order valence-electron chi connectivity index (χ3n) is 4.14. The maximum atomic E-state index is 10.7. The van der Waals surface area contributed by atoms with Crippen LogP contribution in [0.1, 0.15) is 12.8 Å². The van der Waals surface area contributed by atoms with Gasteiger partial charge in [0.1, 0.15) is 0 Å². The highest BCUT2D eigenvalue weighted by molar-refractivity contribution is 9.10. The second kappa shape index (κ2) is 5.09. The molecule has 0 aromatic heterocycles. The van der Waals surface area contributed by atoms with Gasteiger partial charge in [0.05, 0.1) is 4.92 Å². The third-order valence-corrected chi connectivity index (χ3v) is 4.79. The Balaban J connectivity index is 1.74. The normalized spacial score (nSPS) is 29.2. The van der Waals surface area contributed by atoms with Crippen LogP contribution in [-0.2, 0) is 0 Å². The predicted molar refractivity (Wildman–Crippen MR) is 77.4 cm³/mol. The zero-order chi connectivity index (χ0) is 13.4. The van der Waals surface area contributed by atoms with Crippen LogP contribution in [0.5, 0.6) is 0 Å². The maximum absolute atomic E-state index is 10.7. The van der Waals surface area contributed by atoms with Crippen LogP contribution in [0.4, 0.5) is 11.4 Å². The summed E-state index contributed by atoms with van der Waals surface area (Å²) < 4.78 is 0.766. The highest BCUT2D eigenvalue weighted by Gasteiger charge is 2.34. The molecule has 19 heavy (non-hydrogen) atoms. The molecule has 0 amide bonds. The number of nitro benzene ring substituents is 1. The van der Waals surface area contributed by atoms with Crippen molar-refractivity contribution in [3.8, 4) is 0 Å². The number of piperidine rings is 1. The molecule has 2 saturated heterocycles. The lowest BCUT2D eigenvalue weighted by molar-refractivity contribution is -0.384. The van der Waals surface area contributed by atoms with E-state index in [2.05, 4.69) is 26.1 Å². The number of anilines is 1. The smallest absolute Gasteiger partial charge is 0.270 e. The summed E-state index contributed by atoms with van der Waals surface area (Å²) in [4.78, 5) is 12.9. The molecule has 6 heteroatoms. The molecule has 2 bridgehead atoms. The lowest BCUT2D eigenvalue weighted by atomic mass is 9.94. The van der Waals surface area contributed by atoms with E-state index in [0.717, 1.165) is 23.1 Å². The summed E-state index contributed by atoms with van der Waals surface area (Å²) in [6, 6.07) is 5.39. The van der Waals surface area contributed by atoms with Gasteiger partial charge in [-0.25, -0.2) is 0 Å². The van der Waals surface area contributed by atoms with E-state index in [4.69, 9.17) is 0 Å². The Bertz CT molecular complexity index is 509. The molecule has 3 rings (SSSR count). The van der Waals surface area contributed by atoms with E-state index in [1.807, 2.05) is 0 Å². The van der Waals surface area contributed by atoms with E-state index < -0.39 is 0 Å². The molecule has 102 valence electrons. The van der Waals surface area contributed by atoms with Crippen LogP contribution in [-0.4, -0.2) is 35.5 Å². The van der Waals surface area contributed by atoms with Crippen LogP contribution in [0, 0.1) is 16.0 Å². The van der Waals surface area contributed by atoms with Gasteiger partial charge in [0, 0.05) is 41.4 Å². The highest BCUT2D eigenvalue weighted by atomic mass is 79.9. The molecule has 2 fully saturated rings. The highest BCUT2D eigenvalue weighted by Crippen LogP contribution is 2.33. The monoisotopic (exact) mass is 325 g/mol. The number of nitrogens with zero attached hydrogens (tertiary/aromatic N) is 2. The molecule has 1 aromatic carbocycles. The zero-order valence-electron chi connectivity index (χ0n) is 10.5. The zero-order valence-corrected chi connectivity index (χ0v) is 12.1. The van der Waals surface area contributed by atoms with E-state index in [0.29, 0.717) is 12.0 Å². The van der Waals surface area contributed by atoms with Gasteiger partial charge < -0.3 is 10.2 Å². The molecule has 2 heterocycles. The van der Waals surface area contributed by atoms with E-state index in [1.165, 1.54) is 19.5 Å². The predicted octanol–water partition coefficient (Wildman–Crippen LogP) is 2.86. The summed E-state index contributed by atoms with van der Waals surface area (Å²) in [6.07, 6.45) is 2.40. The molecule has 0 spiro atoms. The number of halogens is 1. The van der Waals surface area contributed by atoms with Crippen molar-refractivity contribution >= 4 is 27.3 Å². The molecule has 1 aromatic rings. The van der Waals surface area contributed by atoms with Gasteiger partial charge in [-0.15, -0.1) is 0 Å². The van der Waals surface area contributed by atoms with Crippen LogP contribution >= 0.6 is 15.9 Å². The first kappa shape index (κ1) is 12.9. The fourth-order valence-electron chi connectivity index (χ4n) is 3.08. The fourth-order valence-corrected chi connectivity index (χ4v) is 3.56. The van der Waals surface area contributed by atoms with Crippen molar-refractivity contribution in [1.29, 1.82) is 0 Å². The average Bonchev–Trinajstić information content (AvgIpc) is 2.77. The Kier molecular flexibility index (Phi) is 3.45. The molecule has 2 aliphatic heterocycles. The SMILES string of the molecule is O=[N+]([O-])c1ccc(NC2CCN3CCC2C3)c(Br)c1. The van der Waals surface area contributed by atoms with Gasteiger partial charge in [-0.1, -0.05) is 0 Å². The third kappa shape index (κ3) is 2.60. The first-order valence-electron chi connectivity index (χ1n) is 6.56. The summed E-state index contributed by atoms with van der Waals surface area (Å²) in [6.45, 7) is 3.55. The van der Waals surface area contributed by atoms with E-state index in [9.17, 15) is 10.1 Å². The van der Waals surface area contributed by atoms with E-state index >= 15 is 0 Å². The molecular weight excluding hydrogens is 310 g/mol. The largest absolute Gasteiger partial charge is 0.381 e. The molecule has 0 radical (unpaired) electrons. The van der Waals surface area contributed by atoms with Gasteiger partial charge in [-0.3, -0.25) is 10.1 Å². The summed E-state index contributed by atoms with van der Waals surface area (Å²) in [5, 5.41) is 14.3. The van der Waals surface area contributed by atoms with Gasteiger partial charge >= 0.3 is 0 Å². The first-order valence-corrected chi connectivity index (χ1v) is 7.35. The van der Waals surface area contributed by atoms with Gasteiger partial charge in [0.15, 0.2) is 0 Å². The molecule has 2 aliphatic rings. The van der Waals surface area contributed by atoms with Crippen molar-refractivity contribution in [3.05, 3.63) is 32.8 Å². The minimum Gasteiger partial charge on any atom is -0.381 e. The summed E-state index contributed by atoms with van der Waals surface area (Å²) in [7, 11) is 0. The maximum Gasteiger partial charge on any atom is 0.270 e. The van der Waals surface area contributed by atoms with Crippen LogP contribution in [0.3, 0.4) is 0 Å². The molecule has 0 saturated carbocycles. The molecule has 5 nitrogen and oxygen atoms in total. The van der Waals surface area contributed by atoms with Gasteiger partial charge in [0.2, 0.25) is 0 Å². The number of hydrogen-bond acceptors (Lipinski definition) is 4. The van der Waals surface area contributed by atoms with Crippen molar-refractivity contribution in [3.63, 3.8) is 0 Å². The molecule has 3 unspecified atom stereocenters. The number of nitrogens with one attached hydrogen (secondary N) is 1. The summed E-state index contributed by atoms with van der Waals surface area (Å²) >= 11 is 3.42. The van der Waals surface area contributed by atoms with Gasteiger partial charge in [-0.2, -0.15) is 0 Å². The van der Waals surface area contributed by atoms with Crippen molar-refractivity contribution in [2.45, 2.75) is 18.9 Å². The number of non-ortho nitro benzene ring substituents is 1. The summed E-state index contributed by atoms with van der Waals surface area (Å²) in [5.41, 5.74) is 1.07. The quantitative estimate of drug-likeness (QED) is 0.685.